The van der Waals surface area contributed by atoms with Crippen molar-refractivity contribution in [3.63, 3.8) is 0 Å². The molecule has 0 fully saturated rings. The van der Waals surface area contributed by atoms with E-state index in [1.165, 1.54) is 24.7 Å². The molecule has 0 heterocycles. The minimum Gasteiger partial charge on any atom is -0.303 e. The molecule has 2 rings (SSSR count). The second-order valence-electron chi connectivity index (χ2n) is 6.69. The summed E-state index contributed by atoms with van der Waals surface area (Å²) in [5.41, 5.74) is 3.55. The summed E-state index contributed by atoms with van der Waals surface area (Å²) in [6.45, 7) is 11.7. The van der Waals surface area contributed by atoms with Crippen LogP contribution in [0.15, 0.2) is 11.1 Å². The monoisotopic (exact) mass is 220 g/mol. The van der Waals surface area contributed by atoms with Gasteiger partial charge in [0.05, 0.1) is 0 Å². The first kappa shape index (κ1) is 11.9. The maximum absolute atomic E-state index is 11.3. The first-order chi connectivity index (χ1) is 7.33. The highest BCUT2D eigenvalue weighted by Crippen LogP contribution is 2.61. The van der Waals surface area contributed by atoms with Crippen LogP contribution in [0.2, 0.25) is 0 Å². The zero-order valence-electron chi connectivity index (χ0n) is 11.3. The fourth-order valence-electron chi connectivity index (χ4n) is 4.07. The summed E-state index contributed by atoms with van der Waals surface area (Å²) >= 11 is 0. The number of allylic oxidation sites excluding steroid dienone is 2. The van der Waals surface area contributed by atoms with Gasteiger partial charge in [0.25, 0.3) is 0 Å². The van der Waals surface area contributed by atoms with Gasteiger partial charge in [-0.2, -0.15) is 0 Å². The molecule has 1 nitrogen and oxygen atoms in total. The smallest absolute Gasteiger partial charge is 0.127 e. The van der Waals surface area contributed by atoms with Crippen molar-refractivity contribution in [1.29, 1.82) is 0 Å². The standard InChI is InChI=1S/C15H24O/c1-10-14(2,3)12-8-6-7-11(9-16)13(12)15(10,4)5/h9-11H,6-8H2,1-5H3. The third kappa shape index (κ3) is 1.33. The summed E-state index contributed by atoms with van der Waals surface area (Å²) < 4.78 is 0. The Morgan fingerprint density at radius 2 is 1.81 bits per heavy atom. The van der Waals surface area contributed by atoms with E-state index in [4.69, 9.17) is 0 Å². The predicted molar refractivity (Wildman–Crippen MR) is 67.2 cm³/mol. The molecular formula is C15H24O. The topological polar surface area (TPSA) is 17.1 Å². The lowest BCUT2D eigenvalue weighted by molar-refractivity contribution is -0.110. The maximum atomic E-state index is 11.3. The molecule has 90 valence electrons. The Kier molecular flexibility index (Phi) is 2.56. The summed E-state index contributed by atoms with van der Waals surface area (Å²) in [5.74, 6) is 0.827. The number of rotatable bonds is 1. The fourth-order valence-corrected chi connectivity index (χ4v) is 4.07. The lowest BCUT2D eigenvalue weighted by Gasteiger charge is -2.35. The van der Waals surface area contributed by atoms with Crippen LogP contribution in [0.3, 0.4) is 0 Å². The molecule has 0 aliphatic heterocycles. The van der Waals surface area contributed by atoms with Gasteiger partial charge < -0.3 is 4.79 Å². The molecule has 0 amide bonds. The molecular weight excluding hydrogens is 196 g/mol. The largest absolute Gasteiger partial charge is 0.303 e. The normalized spacial score (nSPS) is 36.1. The molecule has 2 aliphatic rings. The summed E-state index contributed by atoms with van der Waals surface area (Å²) in [7, 11) is 0. The molecule has 0 saturated carbocycles. The molecule has 0 saturated heterocycles. The Morgan fingerprint density at radius 3 is 2.38 bits per heavy atom. The van der Waals surface area contributed by atoms with Crippen molar-refractivity contribution < 1.29 is 4.79 Å². The number of hydrogen-bond acceptors (Lipinski definition) is 1. The number of aldehydes is 1. The molecule has 1 heteroatoms. The summed E-state index contributed by atoms with van der Waals surface area (Å²) in [6, 6.07) is 0. The van der Waals surface area contributed by atoms with E-state index >= 15 is 0 Å². The van der Waals surface area contributed by atoms with E-state index in [-0.39, 0.29) is 16.7 Å². The minimum absolute atomic E-state index is 0.197. The van der Waals surface area contributed by atoms with Crippen molar-refractivity contribution in [2.75, 3.05) is 0 Å². The van der Waals surface area contributed by atoms with Gasteiger partial charge in [-0.15, -0.1) is 0 Å². The van der Waals surface area contributed by atoms with Gasteiger partial charge in [0, 0.05) is 5.92 Å². The predicted octanol–water partition coefficient (Wildman–Crippen LogP) is 3.98. The lowest BCUT2D eigenvalue weighted by atomic mass is 9.69. The molecule has 0 bridgehead atoms. The van der Waals surface area contributed by atoms with Gasteiger partial charge in [0.15, 0.2) is 0 Å². The second-order valence-corrected chi connectivity index (χ2v) is 6.69. The second kappa shape index (κ2) is 3.45. The van der Waals surface area contributed by atoms with Crippen LogP contribution in [0.25, 0.3) is 0 Å². The van der Waals surface area contributed by atoms with Crippen molar-refractivity contribution >= 4 is 6.29 Å². The highest BCUT2D eigenvalue weighted by Gasteiger charge is 2.52. The zero-order valence-corrected chi connectivity index (χ0v) is 11.3. The molecule has 2 aliphatic carbocycles. The quantitative estimate of drug-likeness (QED) is 0.482. The Labute approximate surface area is 99.3 Å². The Hall–Kier alpha value is -0.590. The van der Waals surface area contributed by atoms with E-state index in [9.17, 15) is 4.79 Å². The molecule has 2 unspecified atom stereocenters. The van der Waals surface area contributed by atoms with E-state index in [0.717, 1.165) is 6.42 Å². The molecule has 0 radical (unpaired) electrons. The molecule has 0 N–H and O–H groups in total. The lowest BCUT2D eigenvalue weighted by Crippen LogP contribution is -2.29. The molecule has 16 heavy (non-hydrogen) atoms. The van der Waals surface area contributed by atoms with Gasteiger partial charge >= 0.3 is 0 Å². The van der Waals surface area contributed by atoms with Crippen molar-refractivity contribution in [3.8, 4) is 0 Å². The SMILES string of the molecule is CC1C(C)(C)C2=C(C(C=O)CCC2)C1(C)C. The van der Waals surface area contributed by atoms with Crippen molar-refractivity contribution in [2.45, 2.75) is 53.9 Å². The van der Waals surface area contributed by atoms with Crippen molar-refractivity contribution in [2.24, 2.45) is 22.7 Å². The Balaban J connectivity index is 2.57. The third-order valence-corrected chi connectivity index (χ3v) is 5.44. The fraction of sp³-hybridized carbons (Fsp3) is 0.800. The van der Waals surface area contributed by atoms with Crippen LogP contribution in [0.1, 0.15) is 53.9 Å². The Morgan fingerprint density at radius 1 is 1.19 bits per heavy atom. The van der Waals surface area contributed by atoms with Crippen LogP contribution in [0.5, 0.6) is 0 Å². The first-order valence-electron chi connectivity index (χ1n) is 6.52. The van der Waals surface area contributed by atoms with E-state index in [2.05, 4.69) is 34.6 Å². The zero-order chi connectivity index (χ0) is 12.1. The van der Waals surface area contributed by atoms with E-state index in [0.29, 0.717) is 5.92 Å². The average Bonchev–Trinajstić information content (AvgIpc) is 2.38. The van der Waals surface area contributed by atoms with E-state index in [1.807, 2.05) is 0 Å². The van der Waals surface area contributed by atoms with Gasteiger partial charge in [-0.05, 0) is 36.0 Å². The highest BCUT2D eigenvalue weighted by atomic mass is 16.1. The highest BCUT2D eigenvalue weighted by molar-refractivity contribution is 5.62. The van der Waals surface area contributed by atoms with Crippen LogP contribution in [-0.2, 0) is 4.79 Å². The van der Waals surface area contributed by atoms with Gasteiger partial charge in [-0.1, -0.05) is 45.8 Å². The summed E-state index contributed by atoms with van der Waals surface area (Å²) in [6.07, 6.45) is 4.65. The number of carbonyl (C=O) groups is 1. The van der Waals surface area contributed by atoms with Gasteiger partial charge in [-0.25, -0.2) is 0 Å². The maximum Gasteiger partial charge on any atom is 0.127 e. The van der Waals surface area contributed by atoms with Crippen LogP contribution >= 0.6 is 0 Å². The molecule has 0 aromatic carbocycles. The average molecular weight is 220 g/mol. The molecule has 2 atom stereocenters. The van der Waals surface area contributed by atoms with Crippen LogP contribution in [-0.4, -0.2) is 6.29 Å². The Bertz CT molecular complexity index is 346. The number of hydrogen-bond donors (Lipinski definition) is 0. The van der Waals surface area contributed by atoms with Crippen LogP contribution in [0.4, 0.5) is 0 Å². The van der Waals surface area contributed by atoms with Crippen molar-refractivity contribution in [1.82, 2.24) is 0 Å². The molecule has 0 aromatic heterocycles. The van der Waals surface area contributed by atoms with Crippen LogP contribution in [0, 0.1) is 22.7 Å². The summed E-state index contributed by atoms with van der Waals surface area (Å²) in [5, 5.41) is 0. The summed E-state index contributed by atoms with van der Waals surface area (Å²) in [4.78, 5) is 11.3. The third-order valence-electron chi connectivity index (χ3n) is 5.44. The van der Waals surface area contributed by atoms with E-state index < -0.39 is 0 Å². The first-order valence-corrected chi connectivity index (χ1v) is 6.52. The van der Waals surface area contributed by atoms with Crippen LogP contribution < -0.4 is 0 Å². The number of carbonyl (C=O) groups excluding carboxylic acids is 1. The molecule has 0 aromatic rings. The van der Waals surface area contributed by atoms with Crippen molar-refractivity contribution in [3.05, 3.63) is 11.1 Å². The van der Waals surface area contributed by atoms with Gasteiger partial charge in [0.1, 0.15) is 6.29 Å². The van der Waals surface area contributed by atoms with Gasteiger partial charge in [0.2, 0.25) is 0 Å². The van der Waals surface area contributed by atoms with E-state index in [1.54, 1.807) is 5.57 Å². The minimum atomic E-state index is 0.197. The van der Waals surface area contributed by atoms with Gasteiger partial charge in [-0.3, -0.25) is 0 Å². The molecule has 0 spiro atoms.